The first kappa shape index (κ1) is 13.5. The Morgan fingerprint density at radius 2 is 2.04 bits per heavy atom. The van der Waals surface area contributed by atoms with Crippen LogP contribution in [-0.4, -0.2) is 64.8 Å². The lowest BCUT2D eigenvalue weighted by Gasteiger charge is -2.27. The van der Waals surface area contributed by atoms with Gasteiger partial charge in [-0.25, -0.2) is 9.97 Å². The first-order chi connectivity index (χ1) is 11.3. The molecule has 0 radical (unpaired) electrons. The fourth-order valence-electron chi connectivity index (χ4n) is 4.56. The Balaban J connectivity index is 1.29. The van der Waals surface area contributed by atoms with E-state index in [0.29, 0.717) is 12.1 Å². The normalized spacial score (nSPS) is 32.6. The SMILES string of the molecule is CN(c1ncnc2[nH]ccc12)[C@@H]1CC2CN(CC3C=N3)C[C@@H]2C1. The third kappa shape index (κ3) is 2.32. The summed E-state index contributed by atoms with van der Waals surface area (Å²) in [4.78, 5) is 21.3. The number of aromatic amines is 1. The van der Waals surface area contributed by atoms with Crippen LogP contribution in [0.3, 0.4) is 0 Å². The van der Waals surface area contributed by atoms with Gasteiger partial charge in [0.2, 0.25) is 0 Å². The van der Waals surface area contributed by atoms with Gasteiger partial charge in [0, 0.05) is 45.1 Å². The molecule has 1 N–H and O–H groups in total. The summed E-state index contributed by atoms with van der Waals surface area (Å²) < 4.78 is 0. The van der Waals surface area contributed by atoms with Crippen LogP contribution in [0.5, 0.6) is 0 Å². The van der Waals surface area contributed by atoms with Gasteiger partial charge < -0.3 is 14.8 Å². The molecule has 3 aliphatic rings. The van der Waals surface area contributed by atoms with Gasteiger partial charge in [-0.1, -0.05) is 0 Å². The molecule has 2 aromatic rings. The Morgan fingerprint density at radius 3 is 2.78 bits per heavy atom. The van der Waals surface area contributed by atoms with Gasteiger partial charge in [-0.05, 0) is 30.7 Å². The van der Waals surface area contributed by atoms with Crippen molar-refractivity contribution in [2.75, 3.05) is 31.6 Å². The van der Waals surface area contributed by atoms with Crippen LogP contribution >= 0.6 is 0 Å². The van der Waals surface area contributed by atoms with E-state index in [-0.39, 0.29) is 0 Å². The average molecular weight is 310 g/mol. The lowest BCUT2D eigenvalue weighted by molar-refractivity contribution is 0.311. The highest BCUT2D eigenvalue weighted by Gasteiger charge is 2.43. The number of aliphatic imine (C=N–C) groups is 1. The molecule has 0 bridgehead atoms. The van der Waals surface area contributed by atoms with Crippen molar-refractivity contribution in [3.8, 4) is 0 Å². The van der Waals surface area contributed by atoms with E-state index in [1.807, 2.05) is 6.20 Å². The molecule has 0 spiro atoms. The Kier molecular flexibility index (Phi) is 2.95. The smallest absolute Gasteiger partial charge is 0.142 e. The molecule has 6 heteroatoms. The quantitative estimate of drug-likeness (QED) is 0.931. The zero-order valence-electron chi connectivity index (χ0n) is 13.4. The minimum absolute atomic E-state index is 0.523. The molecule has 0 aromatic carbocycles. The van der Waals surface area contributed by atoms with Crippen molar-refractivity contribution >= 4 is 23.1 Å². The predicted molar refractivity (Wildman–Crippen MR) is 91.0 cm³/mol. The summed E-state index contributed by atoms with van der Waals surface area (Å²) >= 11 is 0. The van der Waals surface area contributed by atoms with Crippen molar-refractivity contribution < 1.29 is 0 Å². The van der Waals surface area contributed by atoms with Crippen molar-refractivity contribution in [1.82, 2.24) is 19.9 Å². The molecule has 4 atom stereocenters. The Hall–Kier alpha value is -1.95. The molecule has 23 heavy (non-hydrogen) atoms. The highest BCUT2D eigenvalue weighted by molar-refractivity contribution is 5.87. The first-order valence-corrected chi connectivity index (χ1v) is 8.54. The molecule has 6 nitrogen and oxygen atoms in total. The van der Waals surface area contributed by atoms with Crippen LogP contribution in [0.25, 0.3) is 11.0 Å². The molecule has 0 amide bonds. The van der Waals surface area contributed by atoms with Gasteiger partial charge in [0.05, 0.1) is 11.4 Å². The van der Waals surface area contributed by atoms with E-state index in [9.17, 15) is 0 Å². The van der Waals surface area contributed by atoms with Crippen molar-refractivity contribution in [3.05, 3.63) is 18.6 Å². The third-order valence-electron chi connectivity index (χ3n) is 5.82. The monoisotopic (exact) mass is 310 g/mol. The summed E-state index contributed by atoms with van der Waals surface area (Å²) in [5.74, 6) is 2.74. The summed E-state index contributed by atoms with van der Waals surface area (Å²) in [7, 11) is 2.19. The van der Waals surface area contributed by atoms with Gasteiger partial charge in [-0.3, -0.25) is 4.99 Å². The van der Waals surface area contributed by atoms with Crippen LogP contribution in [-0.2, 0) is 0 Å². The maximum absolute atomic E-state index is 4.55. The Labute approximate surface area is 135 Å². The van der Waals surface area contributed by atoms with Crippen LogP contribution in [0.1, 0.15) is 12.8 Å². The summed E-state index contributed by atoms with van der Waals surface area (Å²) in [5.41, 5.74) is 0.927. The van der Waals surface area contributed by atoms with Gasteiger partial charge in [0.25, 0.3) is 0 Å². The van der Waals surface area contributed by atoms with Gasteiger partial charge in [-0.15, -0.1) is 0 Å². The number of fused-ring (bicyclic) bond motifs is 2. The van der Waals surface area contributed by atoms with Crippen molar-refractivity contribution in [2.45, 2.75) is 24.9 Å². The topological polar surface area (TPSA) is 60.4 Å². The number of likely N-dealkylation sites (tertiary alicyclic amines) is 1. The van der Waals surface area contributed by atoms with Crippen molar-refractivity contribution in [2.24, 2.45) is 16.8 Å². The molecule has 120 valence electrons. The number of nitrogens with one attached hydrogen (secondary N) is 1. The van der Waals surface area contributed by atoms with Crippen LogP contribution in [0, 0.1) is 11.8 Å². The predicted octanol–water partition coefficient (Wildman–Crippen LogP) is 1.56. The Morgan fingerprint density at radius 1 is 1.26 bits per heavy atom. The number of hydrogen-bond donors (Lipinski definition) is 1. The standard InChI is InChI=1S/C17H22N6/c1-22(17-15-2-3-18-16(15)20-10-21-17)14-4-11-7-23(8-12(11)5-14)9-13-6-19-13/h2-3,6,10-14H,4-5,7-9H2,1H3,(H,18,20,21)/t11-,12?,13?,14-/m0/s1. The average Bonchev–Trinajstić information content (AvgIpc) is 2.96. The van der Waals surface area contributed by atoms with E-state index in [1.54, 1.807) is 6.33 Å². The van der Waals surface area contributed by atoms with Crippen LogP contribution in [0.15, 0.2) is 23.6 Å². The molecule has 2 aromatic heterocycles. The lowest BCUT2D eigenvalue weighted by Crippen LogP contribution is -2.33. The maximum Gasteiger partial charge on any atom is 0.142 e. The van der Waals surface area contributed by atoms with E-state index in [1.165, 1.54) is 25.9 Å². The summed E-state index contributed by atoms with van der Waals surface area (Å²) in [6.45, 7) is 3.64. The molecule has 2 unspecified atom stereocenters. The second kappa shape index (κ2) is 5.03. The van der Waals surface area contributed by atoms with Crippen LogP contribution < -0.4 is 4.90 Å². The minimum Gasteiger partial charge on any atom is -0.356 e. The summed E-state index contributed by atoms with van der Waals surface area (Å²) in [6, 6.07) is 3.20. The molecule has 4 heterocycles. The number of H-pyrrole nitrogens is 1. The van der Waals surface area contributed by atoms with E-state index in [4.69, 9.17) is 0 Å². The molecule has 2 fully saturated rings. The maximum atomic E-state index is 4.55. The molecule has 1 saturated heterocycles. The molecule has 2 aliphatic heterocycles. The molecular weight excluding hydrogens is 288 g/mol. The van der Waals surface area contributed by atoms with Crippen LogP contribution in [0.2, 0.25) is 0 Å². The Bertz CT molecular complexity index is 732. The highest BCUT2D eigenvalue weighted by Crippen LogP contribution is 2.41. The fourth-order valence-corrected chi connectivity index (χ4v) is 4.56. The minimum atomic E-state index is 0.523. The molecular formula is C17H22N6. The first-order valence-electron chi connectivity index (χ1n) is 8.54. The van der Waals surface area contributed by atoms with Gasteiger partial charge in [0.1, 0.15) is 17.8 Å². The number of aromatic nitrogens is 3. The second-order valence-electron chi connectivity index (χ2n) is 7.28. The molecule has 5 rings (SSSR count). The van der Waals surface area contributed by atoms with E-state index < -0.39 is 0 Å². The van der Waals surface area contributed by atoms with E-state index in [2.05, 4.69) is 49.1 Å². The highest BCUT2D eigenvalue weighted by atomic mass is 15.2. The zero-order chi connectivity index (χ0) is 15.4. The van der Waals surface area contributed by atoms with Gasteiger partial charge in [0.15, 0.2) is 0 Å². The fraction of sp³-hybridized carbons (Fsp3) is 0.588. The summed E-state index contributed by atoms with van der Waals surface area (Å²) in [6.07, 6.45) is 8.23. The van der Waals surface area contributed by atoms with E-state index in [0.717, 1.165) is 35.2 Å². The van der Waals surface area contributed by atoms with Gasteiger partial charge in [-0.2, -0.15) is 0 Å². The molecule has 1 aliphatic carbocycles. The lowest BCUT2D eigenvalue weighted by atomic mass is 10.0. The number of nitrogens with zero attached hydrogens (tertiary/aromatic N) is 5. The number of hydrogen-bond acceptors (Lipinski definition) is 5. The van der Waals surface area contributed by atoms with Crippen molar-refractivity contribution in [3.63, 3.8) is 0 Å². The summed E-state index contributed by atoms with van der Waals surface area (Å²) in [5, 5.41) is 1.12. The van der Waals surface area contributed by atoms with Crippen molar-refractivity contribution in [1.29, 1.82) is 0 Å². The molecule has 1 saturated carbocycles. The largest absolute Gasteiger partial charge is 0.356 e. The third-order valence-corrected chi connectivity index (χ3v) is 5.82. The number of anilines is 1. The van der Waals surface area contributed by atoms with Crippen LogP contribution in [0.4, 0.5) is 5.82 Å². The van der Waals surface area contributed by atoms with Gasteiger partial charge >= 0.3 is 0 Å². The van der Waals surface area contributed by atoms with E-state index >= 15 is 0 Å². The second-order valence-corrected chi connectivity index (χ2v) is 7.28. The number of rotatable bonds is 4. The zero-order valence-corrected chi connectivity index (χ0v) is 13.4.